The van der Waals surface area contributed by atoms with Gasteiger partial charge in [-0.2, -0.15) is 4.31 Å². The molecular formula is C13H18ClFN2O2S. The van der Waals surface area contributed by atoms with E-state index in [2.05, 4.69) is 5.32 Å². The molecule has 2 saturated heterocycles. The van der Waals surface area contributed by atoms with E-state index in [1.807, 2.05) is 0 Å². The highest BCUT2D eigenvalue weighted by Gasteiger charge is 2.44. The minimum atomic E-state index is -3.70. The van der Waals surface area contributed by atoms with Crippen LogP contribution in [0.15, 0.2) is 29.2 Å². The monoisotopic (exact) mass is 320 g/mol. The highest BCUT2D eigenvalue weighted by atomic mass is 35.5. The lowest BCUT2D eigenvalue weighted by molar-refractivity contribution is 0.337. The zero-order valence-electron chi connectivity index (χ0n) is 11.0. The Hall–Kier alpha value is -0.690. The minimum Gasteiger partial charge on any atom is -0.316 e. The summed E-state index contributed by atoms with van der Waals surface area (Å²) in [6.07, 6.45) is 1.85. The van der Waals surface area contributed by atoms with Crippen LogP contribution in [0.2, 0.25) is 0 Å². The second-order valence-corrected chi connectivity index (χ2v) is 7.35. The van der Waals surface area contributed by atoms with Crippen LogP contribution >= 0.6 is 12.4 Å². The van der Waals surface area contributed by atoms with Crippen molar-refractivity contribution in [1.82, 2.24) is 9.62 Å². The molecule has 1 aromatic carbocycles. The van der Waals surface area contributed by atoms with Crippen molar-refractivity contribution in [2.45, 2.75) is 17.7 Å². The summed E-state index contributed by atoms with van der Waals surface area (Å²) in [5.41, 5.74) is 0.0539. The topological polar surface area (TPSA) is 49.4 Å². The molecule has 112 valence electrons. The fourth-order valence-electron chi connectivity index (χ4n) is 3.04. The predicted molar refractivity (Wildman–Crippen MR) is 76.9 cm³/mol. The second-order valence-electron chi connectivity index (χ2n) is 5.45. The quantitative estimate of drug-likeness (QED) is 0.901. The fraction of sp³-hybridized carbons (Fsp3) is 0.538. The zero-order chi connectivity index (χ0) is 13.5. The number of hydrogen-bond donors (Lipinski definition) is 1. The van der Waals surface area contributed by atoms with Crippen LogP contribution in [0.25, 0.3) is 0 Å². The maximum atomic E-state index is 13.7. The molecule has 2 heterocycles. The van der Waals surface area contributed by atoms with Crippen molar-refractivity contribution in [2.75, 3.05) is 26.2 Å². The van der Waals surface area contributed by atoms with E-state index in [-0.39, 0.29) is 22.7 Å². The van der Waals surface area contributed by atoms with Gasteiger partial charge < -0.3 is 5.32 Å². The van der Waals surface area contributed by atoms with Gasteiger partial charge in [0.15, 0.2) is 0 Å². The molecule has 1 atom stereocenters. The number of benzene rings is 1. The third-order valence-electron chi connectivity index (χ3n) is 4.19. The summed E-state index contributed by atoms with van der Waals surface area (Å²) in [5.74, 6) is -0.673. The summed E-state index contributed by atoms with van der Waals surface area (Å²) < 4.78 is 40.0. The molecule has 0 aliphatic carbocycles. The van der Waals surface area contributed by atoms with Gasteiger partial charge >= 0.3 is 0 Å². The van der Waals surface area contributed by atoms with Crippen LogP contribution in [-0.2, 0) is 10.0 Å². The van der Waals surface area contributed by atoms with Crippen molar-refractivity contribution in [1.29, 1.82) is 0 Å². The smallest absolute Gasteiger partial charge is 0.246 e. The lowest BCUT2D eigenvalue weighted by atomic mass is 9.87. The van der Waals surface area contributed by atoms with Crippen molar-refractivity contribution in [3.63, 3.8) is 0 Å². The molecule has 0 radical (unpaired) electrons. The Labute approximate surface area is 124 Å². The summed E-state index contributed by atoms with van der Waals surface area (Å²) >= 11 is 0. The summed E-state index contributed by atoms with van der Waals surface area (Å²) in [5, 5.41) is 3.28. The SMILES string of the molecule is Cl.O=S(=O)(c1ccccc1F)N1CCC2(CCNC2)C1. The van der Waals surface area contributed by atoms with Gasteiger partial charge in [0.05, 0.1) is 0 Å². The van der Waals surface area contributed by atoms with Gasteiger partial charge in [0.25, 0.3) is 0 Å². The maximum absolute atomic E-state index is 13.7. The van der Waals surface area contributed by atoms with E-state index in [1.54, 1.807) is 6.07 Å². The van der Waals surface area contributed by atoms with Crippen molar-refractivity contribution >= 4 is 22.4 Å². The molecule has 0 bridgehead atoms. The van der Waals surface area contributed by atoms with Crippen molar-refractivity contribution in [3.8, 4) is 0 Å². The fourth-order valence-corrected chi connectivity index (χ4v) is 4.65. The lowest BCUT2D eigenvalue weighted by Crippen LogP contribution is -2.33. The number of halogens is 2. The average Bonchev–Trinajstić information content (AvgIpc) is 3.01. The van der Waals surface area contributed by atoms with E-state index < -0.39 is 15.8 Å². The average molecular weight is 321 g/mol. The first-order chi connectivity index (χ1) is 9.04. The Morgan fingerprint density at radius 2 is 2.00 bits per heavy atom. The summed E-state index contributed by atoms with van der Waals surface area (Å²) in [7, 11) is -3.70. The highest BCUT2D eigenvalue weighted by molar-refractivity contribution is 7.89. The molecule has 1 unspecified atom stereocenters. The van der Waals surface area contributed by atoms with E-state index in [0.717, 1.165) is 25.9 Å². The third kappa shape index (κ3) is 2.57. The summed E-state index contributed by atoms with van der Waals surface area (Å²) in [6.45, 7) is 2.78. The van der Waals surface area contributed by atoms with Crippen LogP contribution < -0.4 is 5.32 Å². The van der Waals surface area contributed by atoms with Gasteiger partial charge in [0.2, 0.25) is 10.0 Å². The molecule has 2 aliphatic heterocycles. The molecule has 1 aromatic rings. The first-order valence-corrected chi connectivity index (χ1v) is 7.93. The maximum Gasteiger partial charge on any atom is 0.246 e. The van der Waals surface area contributed by atoms with Crippen LogP contribution in [0, 0.1) is 11.2 Å². The highest BCUT2D eigenvalue weighted by Crippen LogP contribution is 2.38. The van der Waals surface area contributed by atoms with Gasteiger partial charge in [0.1, 0.15) is 10.7 Å². The standard InChI is InChI=1S/C13H17FN2O2S.ClH/c14-11-3-1-2-4-12(11)19(17,18)16-8-6-13(10-16)5-7-15-9-13;/h1-4,15H,5-10H2;1H. The molecule has 0 saturated carbocycles. The molecule has 1 spiro atoms. The zero-order valence-corrected chi connectivity index (χ0v) is 12.6. The Kier molecular flexibility index (Phi) is 4.39. The molecule has 4 nitrogen and oxygen atoms in total. The Bertz CT molecular complexity index is 588. The van der Waals surface area contributed by atoms with E-state index in [4.69, 9.17) is 0 Å². The molecular weight excluding hydrogens is 303 g/mol. The lowest BCUT2D eigenvalue weighted by Gasteiger charge is -2.22. The normalized spacial score (nSPS) is 26.9. The molecule has 2 fully saturated rings. The predicted octanol–water partition coefficient (Wildman–Crippen LogP) is 1.62. The van der Waals surface area contributed by atoms with Crippen LogP contribution in [0.1, 0.15) is 12.8 Å². The molecule has 3 rings (SSSR count). The van der Waals surface area contributed by atoms with Crippen LogP contribution in [0.5, 0.6) is 0 Å². The van der Waals surface area contributed by atoms with Crippen LogP contribution in [-0.4, -0.2) is 38.9 Å². The van der Waals surface area contributed by atoms with Crippen LogP contribution in [0.3, 0.4) is 0 Å². The Morgan fingerprint density at radius 3 is 2.65 bits per heavy atom. The molecule has 2 aliphatic rings. The molecule has 20 heavy (non-hydrogen) atoms. The summed E-state index contributed by atoms with van der Waals surface area (Å²) in [4.78, 5) is -0.210. The number of sulfonamides is 1. The van der Waals surface area contributed by atoms with Gasteiger partial charge in [-0.05, 0) is 36.9 Å². The van der Waals surface area contributed by atoms with Gasteiger partial charge in [-0.1, -0.05) is 12.1 Å². The van der Waals surface area contributed by atoms with E-state index in [0.29, 0.717) is 13.1 Å². The van der Waals surface area contributed by atoms with Gasteiger partial charge in [-0.15, -0.1) is 12.4 Å². The van der Waals surface area contributed by atoms with E-state index in [9.17, 15) is 12.8 Å². The van der Waals surface area contributed by atoms with E-state index >= 15 is 0 Å². The second kappa shape index (κ2) is 5.60. The number of nitrogens with zero attached hydrogens (tertiary/aromatic N) is 1. The largest absolute Gasteiger partial charge is 0.316 e. The molecule has 7 heteroatoms. The van der Waals surface area contributed by atoms with Crippen LogP contribution in [0.4, 0.5) is 4.39 Å². The number of rotatable bonds is 2. The van der Waals surface area contributed by atoms with E-state index in [1.165, 1.54) is 22.5 Å². The Morgan fingerprint density at radius 1 is 1.25 bits per heavy atom. The first kappa shape index (κ1) is 15.7. The summed E-state index contributed by atoms with van der Waals surface area (Å²) in [6, 6.07) is 5.58. The Balaban J connectivity index is 0.00000147. The number of hydrogen-bond acceptors (Lipinski definition) is 3. The van der Waals surface area contributed by atoms with Crippen molar-refractivity contribution in [2.24, 2.45) is 5.41 Å². The number of nitrogens with one attached hydrogen (secondary N) is 1. The van der Waals surface area contributed by atoms with Gasteiger partial charge in [0, 0.05) is 19.6 Å². The molecule has 0 amide bonds. The van der Waals surface area contributed by atoms with Crippen molar-refractivity contribution < 1.29 is 12.8 Å². The molecule has 0 aromatic heterocycles. The van der Waals surface area contributed by atoms with Gasteiger partial charge in [-0.3, -0.25) is 0 Å². The first-order valence-electron chi connectivity index (χ1n) is 6.49. The van der Waals surface area contributed by atoms with Gasteiger partial charge in [-0.25, -0.2) is 12.8 Å². The minimum absolute atomic E-state index is 0. The van der Waals surface area contributed by atoms with Crippen molar-refractivity contribution in [3.05, 3.63) is 30.1 Å². The molecule has 1 N–H and O–H groups in total. The third-order valence-corrected chi connectivity index (χ3v) is 6.07.